The SMILES string of the molecule is CCCCCCCCCCCC(=O)C(O)CN.O=C([O-])CC(O)(CC(=O)[O-])C(=O)[O-].[Na+].[Na+].[Na+]. The van der Waals surface area contributed by atoms with E-state index in [-0.39, 0.29) is 101 Å². The second-order valence-corrected chi connectivity index (χ2v) is 7.21. The van der Waals surface area contributed by atoms with Crippen LogP contribution in [0.5, 0.6) is 0 Å². The van der Waals surface area contributed by atoms with Gasteiger partial charge in [0.1, 0.15) is 11.7 Å². The van der Waals surface area contributed by atoms with E-state index in [2.05, 4.69) is 6.92 Å². The molecule has 0 radical (unpaired) electrons. The Morgan fingerprint density at radius 2 is 1.15 bits per heavy atom. The molecule has 0 bridgehead atoms. The first kappa shape index (κ1) is 44.0. The third-order valence-electron chi connectivity index (χ3n) is 4.38. The Bertz CT molecular complexity index is 521. The molecule has 0 saturated carbocycles. The number of hydrogen-bond acceptors (Lipinski definition) is 10. The summed E-state index contributed by atoms with van der Waals surface area (Å²) in [5.41, 5.74) is 2.24. The first-order valence-electron chi connectivity index (χ1n) is 10.2. The van der Waals surface area contributed by atoms with Crippen LogP contribution in [0.4, 0.5) is 0 Å². The maximum Gasteiger partial charge on any atom is 1.00 e. The molecule has 0 aromatic rings. The number of ketones is 1. The Morgan fingerprint density at radius 1 is 0.788 bits per heavy atom. The van der Waals surface area contributed by atoms with Gasteiger partial charge in [-0.3, -0.25) is 4.79 Å². The van der Waals surface area contributed by atoms with E-state index in [4.69, 9.17) is 10.8 Å². The molecule has 0 aliphatic heterocycles. The minimum atomic E-state index is -2.97. The molecule has 176 valence electrons. The third kappa shape index (κ3) is 27.4. The first-order chi connectivity index (χ1) is 14.0. The molecule has 1 atom stereocenters. The molecule has 33 heavy (non-hydrogen) atoms. The number of Topliss-reactive ketones (excluding diaryl/α,β-unsaturated/α-hetero) is 1. The third-order valence-corrected chi connectivity index (χ3v) is 4.38. The summed E-state index contributed by atoms with van der Waals surface area (Å²) in [6.07, 6.45) is 7.97. The number of carbonyl (C=O) groups excluding carboxylic acids is 4. The first-order valence-corrected chi connectivity index (χ1v) is 10.2. The van der Waals surface area contributed by atoms with Gasteiger partial charge in [0.05, 0.1) is 5.97 Å². The van der Waals surface area contributed by atoms with Crippen LogP contribution in [0.3, 0.4) is 0 Å². The fourth-order valence-electron chi connectivity index (χ4n) is 2.59. The predicted molar refractivity (Wildman–Crippen MR) is 101 cm³/mol. The quantitative estimate of drug-likeness (QED) is 0.127. The summed E-state index contributed by atoms with van der Waals surface area (Å²) in [5, 5.41) is 48.1. The molecule has 0 aromatic carbocycles. The summed E-state index contributed by atoms with van der Waals surface area (Å²) in [7, 11) is 0. The summed E-state index contributed by atoms with van der Waals surface area (Å²) in [4.78, 5) is 41.3. The van der Waals surface area contributed by atoms with Gasteiger partial charge in [0, 0.05) is 37.7 Å². The molecule has 0 spiro atoms. The van der Waals surface area contributed by atoms with E-state index in [1.165, 1.54) is 44.9 Å². The van der Waals surface area contributed by atoms with Crippen LogP contribution in [-0.4, -0.2) is 52.2 Å². The topological polar surface area (TPSA) is 204 Å². The zero-order valence-electron chi connectivity index (χ0n) is 20.6. The summed E-state index contributed by atoms with van der Waals surface area (Å²) in [5.74, 6) is -6.09. The number of aliphatic hydroxyl groups excluding tert-OH is 1. The molecule has 13 heteroatoms. The number of hydrogen-bond donors (Lipinski definition) is 3. The van der Waals surface area contributed by atoms with E-state index >= 15 is 0 Å². The fourth-order valence-corrected chi connectivity index (χ4v) is 2.59. The van der Waals surface area contributed by atoms with E-state index in [1.807, 2.05) is 0 Å². The van der Waals surface area contributed by atoms with Crippen molar-refractivity contribution in [3.63, 3.8) is 0 Å². The average molecular weight is 501 g/mol. The van der Waals surface area contributed by atoms with Gasteiger partial charge in [-0.25, -0.2) is 0 Å². The largest absolute Gasteiger partial charge is 1.00 e. The van der Waals surface area contributed by atoms with Crippen LogP contribution in [0.1, 0.15) is 84.0 Å². The number of carboxylic acid groups (broad SMARTS) is 3. The van der Waals surface area contributed by atoms with Gasteiger partial charge in [0.15, 0.2) is 5.78 Å². The van der Waals surface area contributed by atoms with Crippen molar-refractivity contribution in [2.45, 2.75) is 95.7 Å². The van der Waals surface area contributed by atoms with Gasteiger partial charge in [-0.1, -0.05) is 58.3 Å². The van der Waals surface area contributed by atoms with Crippen LogP contribution in [0.15, 0.2) is 0 Å². The molecule has 0 aliphatic rings. The Balaban J connectivity index is -0.000000149. The molecule has 0 fully saturated rings. The van der Waals surface area contributed by atoms with E-state index in [0.29, 0.717) is 6.42 Å². The smallest absolute Gasteiger partial charge is 0.550 e. The fraction of sp³-hybridized carbons (Fsp3) is 0.800. The Kier molecular flexibility index (Phi) is 36.7. The van der Waals surface area contributed by atoms with Crippen LogP contribution < -0.4 is 110 Å². The van der Waals surface area contributed by atoms with Crippen molar-refractivity contribution in [1.29, 1.82) is 0 Å². The number of carbonyl (C=O) groups is 4. The van der Waals surface area contributed by atoms with E-state index in [1.54, 1.807) is 0 Å². The van der Waals surface area contributed by atoms with Crippen molar-refractivity contribution >= 4 is 23.7 Å². The maximum absolute atomic E-state index is 11.3. The number of aliphatic carboxylic acids is 3. The standard InChI is InChI=1S/C14H29NO2.C6H8O7.3Na/c1-2-3-4-5-6-7-8-9-10-11-13(16)14(17)12-15;7-3(8)1-6(13,5(11)12)2-4(9)10;;;/h14,17H,2-12,15H2,1H3;13H,1-2H2,(H,7,8)(H,9,10)(H,11,12);;;/q;;3*+1/p-3. The summed E-state index contributed by atoms with van der Waals surface area (Å²) >= 11 is 0. The van der Waals surface area contributed by atoms with Gasteiger partial charge in [-0.2, -0.15) is 0 Å². The van der Waals surface area contributed by atoms with Crippen molar-refractivity contribution < 1.29 is 133 Å². The molecule has 1 unspecified atom stereocenters. The number of rotatable bonds is 17. The second kappa shape index (κ2) is 27.5. The monoisotopic (exact) mass is 501 g/mol. The average Bonchev–Trinajstić information content (AvgIpc) is 2.64. The van der Waals surface area contributed by atoms with Crippen molar-refractivity contribution in [3.8, 4) is 0 Å². The van der Waals surface area contributed by atoms with Crippen LogP contribution in [-0.2, 0) is 19.2 Å². The molecular weight excluding hydrogens is 467 g/mol. The molecule has 0 saturated heterocycles. The van der Waals surface area contributed by atoms with Crippen LogP contribution in [0.25, 0.3) is 0 Å². The normalized spacial score (nSPS) is 10.8. The molecule has 0 aromatic heterocycles. The zero-order valence-corrected chi connectivity index (χ0v) is 26.6. The molecular formula is C20H34NNa3O9. The van der Waals surface area contributed by atoms with Gasteiger partial charge >= 0.3 is 88.7 Å². The maximum atomic E-state index is 11.3. The number of nitrogens with two attached hydrogens (primary N) is 1. The van der Waals surface area contributed by atoms with Gasteiger partial charge in [-0.15, -0.1) is 0 Å². The van der Waals surface area contributed by atoms with Crippen LogP contribution in [0.2, 0.25) is 0 Å². The van der Waals surface area contributed by atoms with Crippen molar-refractivity contribution in [2.75, 3.05) is 6.54 Å². The number of unbranched alkanes of at least 4 members (excludes halogenated alkanes) is 8. The Hall–Kier alpha value is 0.960. The Morgan fingerprint density at radius 3 is 1.45 bits per heavy atom. The molecule has 0 aliphatic carbocycles. The van der Waals surface area contributed by atoms with Crippen LogP contribution >= 0.6 is 0 Å². The second-order valence-electron chi connectivity index (χ2n) is 7.21. The minimum absolute atomic E-state index is 0. The van der Waals surface area contributed by atoms with E-state index < -0.39 is 42.5 Å². The Labute approximate surface area is 262 Å². The van der Waals surface area contributed by atoms with Crippen LogP contribution in [0, 0.1) is 0 Å². The van der Waals surface area contributed by atoms with E-state index in [0.717, 1.165) is 12.8 Å². The molecule has 0 heterocycles. The van der Waals surface area contributed by atoms with Gasteiger partial charge in [0.2, 0.25) is 0 Å². The minimum Gasteiger partial charge on any atom is -0.550 e. The number of aliphatic hydroxyl groups is 2. The van der Waals surface area contributed by atoms with Crippen molar-refractivity contribution in [1.82, 2.24) is 0 Å². The predicted octanol–water partition coefficient (Wildman–Crippen LogP) is -11.4. The van der Waals surface area contributed by atoms with Crippen molar-refractivity contribution in [3.05, 3.63) is 0 Å². The van der Waals surface area contributed by atoms with Gasteiger partial charge in [-0.05, 0) is 6.42 Å². The summed E-state index contributed by atoms with van der Waals surface area (Å²) < 4.78 is 0. The molecule has 10 nitrogen and oxygen atoms in total. The number of carboxylic acids is 3. The summed E-state index contributed by atoms with van der Waals surface area (Å²) in [6.45, 7) is 2.28. The van der Waals surface area contributed by atoms with Gasteiger partial charge in [0.25, 0.3) is 0 Å². The van der Waals surface area contributed by atoms with E-state index in [9.17, 15) is 39.6 Å². The molecule has 0 amide bonds. The molecule has 4 N–H and O–H groups in total. The molecule has 0 rings (SSSR count). The zero-order chi connectivity index (χ0) is 23.6. The van der Waals surface area contributed by atoms with Gasteiger partial charge < -0.3 is 45.6 Å². The van der Waals surface area contributed by atoms with Crippen molar-refractivity contribution in [2.24, 2.45) is 5.73 Å². The summed E-state index contributed by atoms with van der Waals surface area (Å²) in [6, 6.07) is 0.